The van der Waals surface area contributed by atoms with E-state index in [4.69, 9.17) is 10.5 Å². The highest BCUT2D eigenvalue weighted by Crippen LogP contribution is 2.30. The smallest absolute Gasteiger partial charge is 0.251 e. The minimum atomic E-state index is -1.17. The number of primary amides is 1. The lowest BCUT2D eigenvalue weighted by molar-refractivity contribution is -0.165. The molecule has 1 atom stereocenters. The lowest BCUT2D eigenvalue weighted by Gasteiger charge is -2.42. The van der Waals surface area contributed by atoms with E-state index in [1.54, 1.807) is 0 Å². The molecule has 158 valence electrons. The molecule has 1 aliphatic carbocycles. The topological polar surface area (TPSA) is 72.6 Å². The zero-order chi connectivity index (χ0) is 21.0. The molecule has 2 N–H and O–H groups in total. The predicted octanol–water partition coefficient (Wildman–Crippen LogP) is 3.56. The van der Waals surface area contributed by atoms with Crippen LogP contribution < -0.4 is 5.73 Å². The van der Waals surface area contributed by atoms with E-state index in [0.717, 1.165) is 42.4 Å². The van der Waals surface area contributed by atoms with Crippen molar-refractivity contribution in [3.63, 3.8) is 0 Å². The molecule has 1 saturated heterocycles. The molecule has 4 rings (SSSR count). The Balaban J connectivity index is 1.49. The van der Waals surface area contributed by atoms with E-state index in [-0.39, 0.29) is 18.4 Å². The number of ether oxygens (including phenoxy) is 1. The lowest BCUT2D eigenvalue weighted by Crippen LogP contribution is -2.61. The van der Waals surface area contributed by atoms with Crippen molar-refractivity contribution in [3.05, 3.63) is 60.2 Å². The Kier molecular flexibility index (Phi) is 6.18. The maximum atomic E-state index is 13.0. The number of hydrogen-bond acceptors (Lipinski definition) is 3. The van der Waals surface area contributed by atoms with Crippen LogP contribution in [0.5, 0.6) is 0 Å². The Bertz CT molecular complexity index is 875. The van der Waals surface area contributed by atoms with Crippen LogP contribution in [0.3, 0.4) is 0 Å². The molecule has 0 bridgehead atoms. The highest BCUT2D eigenvalue weighted by Gasteiger charge is 2.44. The number of morpholine rings is 1. The largest absolute Gasteiger partial charge is 0.367 e. The van der Waals surface area contributed by atoms with E-state index in [0.29, 0.717) is 19.6 Å². The van der Waals surface area contributed by atoms with Gasteiger partial charge in [-0.3, -0.25) is 9.59 Å². The van der Waals surface area contributed by atoms with Crippen LogP contribution in [0.25, 0.3) is 11.1 Å². The molecule has 2 fully saturated rings. The lowest BCUT2D eigenvalue weighted by atomic mass is 9.86. The Labute approximate surface area is 178 Å². The van der Waals surface area contributed by atoms with Gasteiger partial charge < -0.3 is 15.4 Å². The fourth-order valence-electron chi connectivity index (χ4n) is 4.70. The normalized spacial score (nSPS) is 22.6. The van der Waals surface area contributed by atoms with Crippen molar-refractivity contribution in [2.24, 2.45) is 11.7 Å². The molecule has 0 spiro atoms. The van der Waals surface area contributed by atoms with Gasteiger partial charge in [-0.2, -0.15) is 0 Å². The molecule has 30 heavy (non-hydrogen) atoms. The molecule has 5 heteroatoms. The maximum absolute atomic E-state index is 13.0. The van der Waals surface area contributed by atoms with Crippen molar-refractivity contribution < 1.29 is 14.3 Å². The zero-order valence-corrected chi connectivity index (χ0v) is 17.4. The Morgan fingerprint density at radius 2 is 1.63 bits per heavy atom. The highest BCUT2D eigenvalue weighted by molar-refractivity contribution is 5.86. The molecule has 1 aliphatic heterocycles. The van der Waals surface area contributed by atoms with Gasteiger partial charge in [0, 0.05) is 18.9 Å². The molecule has 2 aromatic rings. The van der Waals surface area contributed by atoms with E-state index < -0.39 is 11.5 Å². The average molecular weight is 407 g/mol. The van der Waals surface area contributed by atoms with Gasteiger partial charge in [0.2, 0.25) is 5.91 Å². The van der Waals surface area contributed by atoms with Crippen LogP contribution in [0.15, 0.2) is 54.6 Å². The summed E-state index contributed by atoms with van der Waals surface area (Å²) in [5, 5.41) is 0. The summed E-state index contributed by atoms with van der Waals surface area (Å²) in [6.07, 6.45) is 5.68. The van der Waals surface area contributed by atoms with E-state index in [1.807, 2.05) is 47.4 Å². The summed E-state index contributed by atoms with van der Waals surface area (Å²) in [6, 6.07) is 18.3. The molecular weight excluding hydrogens is 376 g/mol. The van der Waals surface area contributed by atoms with Crippen molar-refractivity contribution in [3.8, 4) is 11.1 Å². The number of nitrogens with zero attached hydrogens (tertiary/aromatic N) is 1. The molecule has 1 heterocycles. The Morgan fingerprint density at radius 1 is 0.967 bits per heavy atom. The highest BCUT2D eigenvalue weighted by atomic mass is 16.5. The Hall–Kier alpha value is -2.66. The molecule has 2 aromatic carbocycles. The van der Waals surface area contributed by atoms with Gasteiger partial charge in [0.05, 0.1) is 13.2 Å². The first-order valence-electron chi connectivity index (χ1n) is 10.9. The summed E-state index contributed by atoms with van der Waals surface area (Å²) in [5.74, 6) is -0.272. The molecule has 1 saturated carbocycles. The number of carbonyl (C=O) groups is 2. The first-order chi connectivity index (χ1) is 14.6. The number of hydrogen-bond donors (Lipinski definition) is 1. The summed E-state index contributed by atoms with van der Waals surface area (Å²) in [5.41, 5.74) is 7.87. The van der Waals surface area contributed by atoms with Crippen molar-refractivity contribution in [1.82, 2.24) is 4.90 Å². The summed E-state index contributed by atoms with van der Waals surface area (Å²) in [7, 11) is 0. The van der Waals surface area contributed by atoms with Gasteiger partial charge in [0.1, 0.15) is 0 Å². The van der Waals surface area contributed by atoms with E-state index >= 15 is 0 Å². The maximum Gasteiger partial charge on any atom is 0.251 e. The minimum absolute atomic E-state index is 0.0765. The predicted molar refractivity (Wildman–Crippen MR) is 117 cm³/mol. The van der Waals surface area contributed by atoms with Gasteiger partial charge in [-0.25, -0.2) is 0 Å². The second kappa shape index (κ2) is 9.00. The number of amides is 2. The van der Waals surface area contributed by atoms with E-state index in [2.05, 4.69) is 12.1 Å². The first kappa shape index (κ1) is 20.6. The van der Waals surface area contributed by atoms with Crippen molar-refractivity contribution >= 4 is 11.8 Å². The summed E-state index contributed by atoms with van der Waals surface area (Å²) < 4.78 is 5.95. The van der Waals surface area contributed by atoms with Crippen LogP contribution in [0.1, 0.15) is 37.7 Å². The Morgan fingerprint density at radius 3 is 2.30 bits per heavy atom. The second-order valence-electron chi connectivity index (χ2n) is 8.54. The molecule has 2 aliphatic rings. The summed E-state index contributed by atoms with van der Waals surface area (Å²) >= 11 is 0. The molecule has 0 radical (unpaired) electrons. The fraction of sp³-hybridized carbons (Fsp3) is 0.440. The van der Waals surface area contributed by atoms with Gasteiger partial charge >= 0.3 is 0 Å². The molecule has 5 nitrogen and oxygen atoms in total. The quantitative estimate of drug-likeness (QED) is 0.825. The SMILES string of the molecule is NC(=O)C1(Cc2ccc(-c3ccccc3)cc2)CN(C(=O)C2CCCCC2)CCO1. The molecule has 0 aromatic heterocycles. The standard InChI is InChI=1S/C25H30N2O3/c26-24(29)25(17-19-11-13-21(14-12-19)20-7-3-1-4-8-20)18-27(15-16-30-25)23(28)22-9-5-2-6-10-22/h1,3-4,7-8,11-14,22H,2,5-6,9-10,15-18H2,(H2,26,29). The number of benzene rings is 2. The van der Waals surface area contributed by atoms with Crippen LogP contribution in [-0.2, 0) is 20.7 Å². The third-order valence-electron chi connectivity index (χ3n) is 6.45. The number of rotatable bonds is 5. The van der Waals surface area contributed by atoms with Crippen LogP contribution in [0.4, 0.5) is 0 Å². The first-order valence-corrected chi connectivity index (χ1v) is 10.9. The third kappa shape index (κ3) is 4.41. The molecule has 2 amide bonds. The van der Waals surface area contributed by atoms with Gasteiger partial charge in [-0.05, 0) is 29.5 Å². The summed E-state index contributed by atoms with van der Waals surface area (Å²) in [4.78, 5) is 27.3. The molecule has 1 unspecified atom stereocenters. The van der Waals surface area contributed by atoms with E-state index in [1.165, 1.54) is 6.42 Å². The van der Waals surface area contributed by atoms with Gasteiger partial charge in [-0.15, -0.1) is 0 Å². The van der Waals surface area contributed by atoms with Crippen LogP contribution in [0, 0.1) is 5.92 Å². The van der Waals surface area contributed by atoms with Gasteiger partial charge in [-0.1, -0.05) is 73.9 Å². The monoisotopic (exact) mass is 406 g/mol. The van der Waals surface area contributed by atoms with Gasteiger partial charge in [0.25, 0.3) is 5.91 Å². The van der Waals surface area contributed by atoms with E-state index in [9.17, 15) is 9.59 Å². The van der Waals surface area contributed by atoms with Crippen molar-refractivity contribution in [2.75, 3.05) is 19.7 Å². The third-order valence-corrected chi connectivity index (χ3v) is 6.45. The minimum Gasteiger partial charge on any atom is -0.367 e. The zero-order valence-electron chi connectivity index (χ0n) is 17.4. The van der Waals surface area contributed by atoms with Gasteiger partial charge in [0.15, 0.2) is 5.60 Å². The number of carbonyl (C=O) groups excluding carboxylic acids is 2. The van der Waals surface area contributed by atoms with Crippen molar-refractivity contribution in [2.45, 2.75) is 44.1 Å². The van der Waals surface area contributed by atoms with Crippen LogP contribution >= 0.6 is 0 Å². The fourth-order valence-corrected chi connectivity index (χ4v) is 4.70. The van der Waals surface area contributed by atoms with Crippen LogP contribution in [-0.4, -0.2) is 42.0 Å². The average Bonchev–Trinajstić information content (AvgIpc) is 2.80. The second-order valence-corrected chi connectivity index (χ2v) is 8.54. The number of nitrogens with two attached hydrogens (primary N) is 1. The van der Waals surface area contributed by atoms with Crippen molar-refractivity contribution in [1.29, 1.82) is 0 Å². The molecular formula is C25H30N2O3. The van der Waals surface area contributed by atoms with Crippen LogP contribution in [0.2, 0.25) is 0 Å². The summed E-state index contributed by atoms with van der Waals surface area (Å²) in [6.45, 7) is 1.10.